The van der Waals surface area contributed by atoms with Gasteiger partial charge in [-0.05, 0) is 69.2 Å². The van der Waals surface area contributed by atoms with Crippen LogP contribution in [0.25, 0.3) is 0 Å². The van der Waals surface area contributed by atoms with Gasteiger partial charge in [0.05, 0.1) is 0 Å². The van der Waals surface area contributed by atoms with Gasteiger partial charge in [-0.3, -0.25) is 4.79 Å². The van der Waals surface area contributed by atoms with Crippen molar-refractivity contribution in [3.8, 4) is 0 Å². The lowest BCUT2D eigenvalue weighted by atomic mass is 9.92. The Balaban J connectivity index is 1.54. The third-order valence-electron chi connectivity index (χ3n) is 6.49. The number of aromatic nitrogens is 2. The van der Waals surface area contributed by atoms with Crippen LogP contribution in [0.15, 0.2) is 24.4 Å². The number of nitrogens with two attached hydrogens (primary N) is 1. The molecule has 1 aromatic carbocycles. The molecule has 0 radical (unpaired) electrons. The molecule has 2 heterocycles. The Morgan fingerprint density at radius 2 is 1.89 bits per heavy atom. The van der Waals surface area contributed by atoms with Crippen LogP contribution in [0.4, 0.5) is 30.6 Å². The zero-order chi connectivity index (χ0) is 25.4. The van der Waals surface area contributed by atoms with Crippen molar-refractivity contribution in [1.82, 2.24) is 14.9 Å². The van der Waals surface area contributed by atoms with E-state index < -0.39 is 17.3 Å². The SMILES string of the molecule is CC(C)(O)C(=O)N1CCc2ccc(Nc3ncc(C(F)(F)F)c(NC4CCC(N)CC4)n3)cc2C1. The fourth-order valence-electron chi connectivity index (χ4n) is 4.54. The number of hydrogen-bond acceptors (Lipinski definition) is 7. The second-order valence-electron chi connectivity index (χ2n) is 9.85. The molecule has 2 aliphatic rings. The molecule has 1 aliphatic heterocycles. The summed E-state index contributed by atoms with van der Waals surface area (Å²) in [7, 11) is 0. The Morgan fingerprint density at radius 3 is 2.54 bits per heavy atom. The number of benzene rings is 1. The number of halogens is 3. The van der Waals surface area contributed by atoms with Crippen molar-refractivity contribution < 1.29 is 23.1 Å². The van der Waals surface area contributed by atoms with Gasteiger partial charge in [-0.1, -0.05) is 6.07 Å². The van der Waals surface area contributed by atoms with Gasteiger partial charge in [0.2, 0.25) is 5.95 Å². The van der Waals surface area contributed by atoms with Crippen molar-refractivity contribution in [3.05, 3.63) is 41.1 Å². The van der Waals surface area contributed by atoms with E-state index in [0.29, 0.717) is 38.0 Å². The van der Waals surface area contributed by atoms with E-state index in [4.69, 9.17) is 5.73 Å². The molecule has 0 spiro atoms. The lowest BCUT2D eigenvalue weighted by Gasteiger charge is -2.33. The van der Waals surface area contributed by atoms with Gasteiger partial charge in [-0.2, -0.15) is 18.2 Å². The summed E-state index contributed by atoms with van der Waals surface area (Å²) in [5, 5.41) is 16.0. The first-order valence-corrected chi connectivity index (χ1v) is 11.8. The highest BCUT2D eigenvalue weighted by atomic mass is 19.4. The quantitative estimate of drug-likeness (QED) is 0.504. The van der Waals surface area contributed by atoms with E-state index in [0.717, 1.165) is 30.2 Å². The Kier molecular flexibility index (Phi) is 6.92. The molecule has 11 heteroatoms. The van der Waals surface area contributed by atoms with Crippen molar-refractivity contribution in [2.75, 3.05) is 17.2 Å². The second-order valence-corrected chi connectivity index (χ2v) is 9.85. The van der Waals surface area contributed by atoms with Gasteiger partial charge in [-0.15, -0.1) is 0 Å². The van der Waals surface area contributed by atoms with Gasteiger partial charge >= 0.3 is 6.18 Å². The predicted octanol–water partition coefficient (Wildman–Crippen LogP) is 3.58. The van der Waals surface area contributed by atoms with Gasteiger partial charge in [-0.25, -0.2) is 4.98 Å². The normalized spacial score (nSPS) is 20.8. The largest absolute Gasteiger partial charge is 0.421 e. The molecule has 190 valence electrons. The van der Waals surface area contributed by atoms with Gasteiger partial charge in [0.25, 0.3) is 5.91 Å². The van der Waals surface area contributed by atoms with E-state index >= 15 is 0 Å². The number of alkyl halides is 3. The van der Waals surface area contributed by atoms with Crippen molar-refractivity contribution in [2.24, 2.45) is 5.73 Å². The average molecular weight is 493 g/mol. The smallest absolute Gasteiger partial charge is 0.381 e. The van der Waals surface area contributed by atoms with Gasteiger partial charge in [0, 0.05) is 37.1 Å². The number of nitrogens with one attached hydrogen (secondary N) is 2. The molecular formula is C24H31F3N6O2. The van der Waals surface area contributed by atoms with Crippen LogP contribution < -0.4 is 16.4 Å². The highest BCUT2D eigenvalue weighted by Crippen LogP contribution is 2.35. The molecule has 2 aromatic rings. The van der Waals surface area contributed by atoms with Gasteiger partial charge < -0.3 is 26.4 Å². The topological polar surface area (TPSA) is 116 Å². The number of amides is 1. The van der Waals surface area contributed by atoms with Crippen molar-refractivity contribution in [1.29, 1.82) is 0 Å². The second kappa shape index (κ2) is 9.62. The molecule has 4 rings (SSSR count). The number of aliphatic hydroxyl groups is 1. The van der Waals surface area contributed by atoms with E-state index in [1.54, 1.807) is 4.90 Å². The van der Waals surface area contributed by atoms with Crippen LogP contribution >= 0.6 is 0 Å². The summed E-state index contributed by atoms with van der Waals surface area (Å²) < 4.78 is 40.8. The summed E-state index contributed by atoms with van der Waals surface area (Å²) in [5.41, 5.74) is 6.10. The molecule has 35 heavy (non-hydrogen) atoms. The lowest BCUT2D eigenvalue weighted by Crippen LogP contribution is -2.47. The lowest BCUT2D eigenvalue weighted by molar-refractivity contribution is -0.148. The van der Waals surface area contributed by atoms with Crippen molar-refractivity contribution in [2.45, 2.75) is 76.4 Å². The zero-order valence-corrected chi connectivity index (χ0v) is 19.8. The number of fused-ring (bicyclic) bond motifs is 1. The third-order valence-corrected chi connectivity index (χ3v) is 6.49. The van der Waals surface area contributed by atoms with Crippen LogP contribution in [0.3, 0.4) is 0 Å². The first-order valence-electron chi connectivity index (χ1n) is 11.8. The molecule has 5 N–H and O–H groups in total. The molecule has 0 atom stereocenters. The van der Waals surface area contributed by atoms with E-state index in [-0.39, 0.29) is 29.8 Å². The molecule has 1 amide bonds. The van der Waals surface area contributed by atoms with Gasteiger partial charge in [0.1, 0.15) is 17.0 Å². The van der Waals surface area contributed by atoms with E-state index in [2.05, 4.69) is 20.6 Å². The minimum absolute atomic E-state index is 0.0354. The van der Waals surface area contributed by atoms with E-state index in [9.17, 15) is 23.1 Å². The average Bonchev–Trinajstić information content (AvgIpc) is 2.78. The number of carbonyl (C=O) groups excluding carboxylic acids is 1. The molecular weight excluding hydrogens is 461 g/mol. The highest BCUT2D eigenvalue weighted by molar-refractivity contribution is 5.84. The maximum atomic E-state index is 13.6. The fraction of sp³-hybridized carbons (Fsp3) is 0.542. The summed E-state index contributed by atoms with van der Waals surface area (Å²) >= 11 is 0. The van der Waals surface area contributed by atoms with E-state index in [1.807, 2.05) is 18.2 Å². The number of rotatable bonds is 5. The van der Waals surface area contributed by atoms with Crippen LogP contribution in [0.5, 0.6) is 0 Å². The fourth-order valence-corrected chi connectivity index (χ4v) is 4.54. The zero-order valence-electron chi connectivity index (χ0n) is 19.8. The monoisotopic (exact) mass is 492 g/mol. The molecule has 1 aromatic heterocycles. The number of anilines is 3. The first kappa shape index (κ1) is 25.2. The first-order chi connectivity index (χ1) is 16.4. The van der Waals surface area contributed by atoms with Crippen molar-refractivity contribution in [3.63, 3.8) is 0 Å². The molecule has 1 saturated carbocycles. The number of carbonyl (C=O) groups is 1. The Hall–Kier alpha value is -2.92. The summed E-state index contributed by atoms with van der Waals surface area (Å²) in [6, 6.07) is 5.50. The summed E-state index contributed by atoms with van der Waals surface area (Å²) in [5.74, 6) is -0.574. The summed E-state index contributed by atoms with van der Waals surface area (Å²) in [4.78, 5) is 22.1. The minimum Gasteiger partial charge on any atom is -0.381 e. The Bertz CT molecular complexity index is 1080. The Labute approximate surface area is 202 Å². The minimum atomic E-state index is -4.59. The summed E-state index contributed by atoms with van der Waals surface area (Å²) in [6.45, 7) is 3.75. The molecule has 1 fully saturated rings. The standard InChI is InChI=1S/C24H31F3N6O2/c1-23(2,35)21(34)33-10-9-14-3-6-18(11-15(14)13-33)31-22-29-12-19(24(25,26)27)20(32-22)30-17-7-4-16(28)5-8-17/h3,6,11-12,16-17,35H,4-5,7-10,13,28H2,1-2H3,(H2,29,30,31,32). The van der Waals surface area contributed by atoms with Crippen LogP contribution in [-0.2, 0) is 23.9 Å². The summed E-state index contributed by atoms with van der Waals surface area (Å²) in [6.07, 6.45) is -0.309. The maximum absolute atomic E-state index is 13.6. The predicted molar refractivity (Wildman–Crippen MR) is 126 cm³/mol. The third kappa shape index (κ3) is 6.02. The van der Waals surface area contributed by atoms with Crippen LogP contribution in [0.1, 0.15) is 56.2 Å². The van der Waals surface area contributed by atoms with Crippen LogP contribution in [0, 0.1) is 0 Å². The maximum Gasteiger partial charge on any atom is 0.421 e. The van der Waals surface area contributed by atoms with E-state index in [1.165, 1.54) is 13.8 Å². The molecule has 8 nitrogen and oxygen atoms in total. The van der Waals surface area contributed by atoms with Crippen molar-refractivity contribution >= 4 is 23.4 Å². The Morgan fingerprint density at radius 1 is 1.17 bits per heavy atom. The number of hydrogen-bond donors (Lipinski definition) is 4. The van der Waals surface area contributed by atoms with Crippen LogP contribution in [0.2, 0.25) is 0 Å². The van der Waals surface area contributed by atoms with Gasteiger partial charge in [0.15, 0.2) is 0 Å². The molecule has 0 saturated heterocycles. The molecule has 1 aliphatic carbocycles. The van der Waals surface area contributed by atoms with Crippen LogP contribution in [-0.4, -0.2) is 50.1 Å². The number of nitrogens with zero attached hydrogens (tertiary/aromatic N) is 3. The highest BCUT2D eigenvalue weighted by Gasteiger charge is 2.36. The molecule has 0 unspecified atom stereocenters. The molecule has 0 bridgehead atoms.